The van der Waals surface area contributed by atoms with Crippen LogP contribution in [-0.2, 0) is 0 Å². The third-order valence-electron chi connectivity index (χ3n) is 1.57. The van der Waals surface area contributed by atoms with Crippen molar-refractivity contribution in [1.29, 1.82) is 0 Å². The molecule has 14 heavy (non-hydrogen) atoms. The van der Waals surface area contributed by atoms with Crippen LogP contribution in [0.5, 0.6) is 0 Å². The standard InChI is InChI=1S/C7H5NS.C2H3N3/c1-2-4-7-6(3-1)8-5-9-7;1-2-4-5-3-1/h1-5H;1-2H,(H,3,4,5). The van der Waals surface area contributed by atoms with Gasteiger partial charge in [-0.15, -0.1) is 16.4 Å². The monoisotopic (exact) mass is 204 g/mol. The van der Waals surface area contributed by atoms with Crippen molar-refractivity contribution in [3.05, 3.63) is 42.2 Å². The molecule has 4 nitrogen and oxygen atoms in total. The normalized spacial score (nSPS) is 9.43. The van der Waals surface area contributed by atoms with Gasteiger partial charge in [-0.25, -0.2) is 4.98 Å². The Morgan fingerprint density at radius 1 is 1.21 bits per heavy atom. The van der Waals surface area contributed by atoms with Gasteiger partial charge in [0.05, 0.1) is 21.9 Å². The number of nitrogens with zero attached hydrogens (tertiary/aromatic N) is 3. The lowest BCUT2D eigenvalue weighted by Gasteiger charge is -1.80. The predicted molar refractivity (Wildman–Crippen MR) is 56.0 cm³/mol. The maximum atomic E-state index is 4.14. The molecule has 3 rings (SSSR count). The van der Waals surface area contributed by atoms with E-state index in [4.69, 9.17) is 0 Å². The smallest absolute Gasteiger partial charge is 0.0812 e. The first-order valence-electron chi connectivity index (χ1n) is 4.05. The summed E-state index contributed by atoms with van der Waals surface area (Å²) >= 11 is 1.68. The molecule has 0 aliphatic heterocycles. The average Bonchev–Trinajstić information content (AvgIpc) is 2.92. The number of hydrogen-bond acceptors (Lipinski definition) is 4. The van der Waals surface area contributed by atoms with Gasteiger partial charge in [-0.05, 0) is 12.1 Å². The first-order chi connectivity index (χ1) is 6.97. The van der Waals surface area contributed by atoms with Crippen LogP contribution >= 0.6 is 11.3 Å². The van der Waals surface area contributed by atoms with Crippen molar-refractivity contribution >= 4 is 21.6 Å². The molecule has 0 bridgehead atoms. The van der Waals surface area contributed by atoms with Crippen molar-refractivity contribution in [2.45, 2.75) is 0 Å². The second-order valence-electron chi connectivity index (χ2n) is 2.48. The summed E-state index contributed by atoms with van der Waals surface area (Å²) in [5.74, 6) is 0. The van der Waals surface area contributed by atoms with E-state index in [2.05, 4.69) is 26.5 Å². The van der Waals surface area contributed by atoms with Gasteiger partial charge in [0.1, 0.15) is 0 Å². The van der Waals surface area contributed by atoms with E-state index in [9.17, 15) is 0 Å². The summed E-state index contributed by atoms with van der Waals surface area (Å²) in [6.07, 6.45) is 3.24. The molecular formula is C9H8N4S. The summed E-state index contributed by atoms with van der Waals surface area (Å²) in [7, 11) is 0. The molecule has 0 radical (unpaired) electrons. The van der Waals surface area contributed by atoms with Crippen molar-refractivity contribution in [1.82, 2.24) is 20.4 Å². The molecule has 0 unspecified atom stereocenters. The fourth-order valence-corrected chi connectivity index (χ4v) is 1.65. The van der Waals surface area contributed by atoms with Gasteiger partial charge in [0.2, 0.25) is 0 Å². The minimum absolute atomic E-state index is 1.10. The molecule has 70 valence electrons. The summed E-state index contributed by atoms with van der Waals surface area (Å²) < 4.78 is 1.26. The van der Waals surface area contributed by atoms with Crippen LogP contribution in [0.4, 0.5) is 0 Å². The highest BCUT2D eigenvalue weighted by molar-refractivity contribution is 7.16. The van der Waals surface area contributed by atoms with Crippen molar-refractivity contribution < 1.29 is 0 Å². The minimum atomic E-state index is 1.10. The van der Waals surface area contributed by atoms with Crippen LogP contribution in [0.3, 0.4) is 0 Å². The molecule has 0 aliphatic rings. The predicted octanol–water partition coefficient (Wildman–Crippen LogP) is 2.10. The highest BCUT2D eigenvalue weighted by Gasteiger charge is 1.89. The molecule has 0 saturated carbocycles. The number of H-pyrrole nitrogens is 1. The van der Waals surface area contributed by atoms with E-state index in [0.717, 1.165) is 5.52 Å². The molecule has 5 heteroatoms. The Morgan fingerprint density at radius 3 is 2.79 bits per heavy atom. The van der Waals surface area contributed by atoms with Crippen LogP contribution in [0.25, 0.3) is 10.2 Å². The van der Waals surface area contributed by atoms with Crippen LogP contribution in [0.2, 0.25) is 0 Å². The summed E-state index contributed by atoms with van der Waals surface area (Å²) in [6, 6.07) is 8.13. The zero-order valence-electron chi connectivity index (χ0n) is 7.29. The first kappa shape index (κ1) is 8.83. The highest BCUT2D eigenvalue weighted by atomic mass is 32.1. The van der Waals surface area contributed by atoms with Gasteiger partial charge in [-0.2, -0.15) is 0 Å². The summed E-state index contributed by atoms with van der Waals surface area (Å²) in [4.78, 5) is 4.14. The number of para-hydroxylation sites is 1. The molecule has 0 spiro atoms. The molecule has 0 fully saturated rings. The molecule has 0 atom stereocenters. The van der Waals surface area contributed by atoms with Gasteiger partial charge in [0.15, 0.2) is 0 Å². The number of aromatic nitrogens is 4. The summed E-state index contributed by atoms with van der Waals surface area (Å²) in [5, 5.41) is 9.26. The number of aromatic amines is 1. The molecule has 0 saturated heterocycles. The maximum Gasteiger partial charge on any atom is 0.0812 e. The Morgan fingerprint density at radius 2 is 2.14 bits per heavy atom. The van der Waals surface area contributed by atoms with E-state index in [1.165, 1.54) is 4.70 Å². The Kier molecular flexibility index (Phi) is 2.82. The summed E-state index contributed by atoms with van der Waals surface area (Å²) in [5.41, 5.74) is 2.97. The summed E-state index contributed by atoms with van der Waals surface area (Å²) in [6.45, 7) is 0. The third-order valence-corrected chi connectivity index (χ3v) is 2.38. The molecule has 2 aromatic heterocycles. The van der Waals surface area contributed by atoms with Gasteiger partial charge in [0, 0.05) is 6.20 Å². The van der Waals surface area contributed by atoms with E-state index in [1.807, 2.05) is 23.7 Å². The average molecular weight is 204 g/mol. The van der Waals surface area contributed by atoms with Crippen molar-refractivity contribution in [2.75, 3.05) is 0 Å². The van der Waals surface area contributed by atoms with Crippen LogP contribution in [0.1, 0.15) is 0 Å². The van der Waals surface area contributed by atoms with Crippen molar-refractivity contribution in [3.8, 4) is 0 Å². The molecule has 1 N–H and O–H groups in total. The molecule has 2 heterocycles. The second-order valence-corrected chi connectivity index (χ2v) is 3.37. The van der Waals surface area contributed by atoms with Crippen LogP contribution < -0.4 is 0 Å². The fourth-order valence-electron chi connectivity index (χ4n) is 0.970. The van der Waals surface area contributed by atoms with E-state index >= 15 is 0 Å². The van der Waals surface area contributed by atoms with Crippen molar-refractivity contribution in [2.24, 2.45) is 0 Å². The largest absolute Gasteiger partial charge is 0.266 e. The number of rotatable bonds is 0. The van der Waals surface area contributed by atoms with Gasteiger partial charge >= 0.3 is 0 Å². The van der Waals surface area contributed by atoms with Crippen LogP contribution in [0, 0.1) is 0 Å². The Balaban J connectivity index is 0.000000128. The van der Waals surface area contributed by atoms with Crippen molar-refractivity contribution in [3.63, 3.8) is 0 Å². The zero-order valence-corrected chi connectivity index (χ0v) is 8.11. The number of nitrogens with one attached hydrogen (secondary N) is 1. The van der Waals surface area contributed by atoms with Gasteiger partial charge < -0.3 is 0 Å². The SMILES string of the molecule is c1c[nH]nn1.c1ccc2scnc2c1. The fraction of sp³-hybridized carbons (Fsp3) is 0. The quantitative estimate of drug-likeness (QED) is 0.610. The molecule has 0 aliphatic carbocycles. The third kappa shape index (κ3) is 2.14. The van der Waals surface area contributed by atoms with E-state index < -0.39 is 0 Å². The Labute approximate surface area is 84.6 Å². The minimum Gasteiger partial charge on any atom is -0.266 e. The van der Waals surface area contributed by atoms with E-state index in [-0.39, 0.29) is 0 Å². The lowest BCUT2D eigenvalue weighted by Crippen LogP contribution is -1.61. The number of hydrogen-bond donors (Lipinski definition) is 1. The second kappa shape index (κ2) is 4.48. The topological polar surface area (TPSA) is 54.5 Å². The van der Waals surface area contributed by atoms with Gasteiger partial charge in [-0.3, -0.25) is 5.10 Å². The number of benzene rings is 1. The number of thiazole rings is 1. The maximum absolute atomic E-state index is 4.14. The Hall–Kier alpha value is -1.75. The molecule has 3 aromatic rings. The molecule has 0 amide bonds. The number of fused-ring (bicyclic) bond motifs is 1. The highest BCUT2D eigenvalue weighted by Crippen LogP contribution is 2.15. The van der Waals surface area contributed by atoms with Crippen LogP contribution in [-0.4, -0.2) is 20.4 Å². The lowest BCUT2D eigenvalue weighted by atomic mass is 10.3. The zero-order chi connectivity index (χ0) is 9.64. The molecule has 1 aromatic carbocycles. The first-order valence-corrected chi connectivity index (χ1v) is 4.93. The Bertz CT molecular complexity index is 427. The van der Waals surface area contributed by atoms with Gasteiger partial charge in [0.25, 0.3) is 0 Å². The van der Waals surface area contributed by atoms with E-state index in [1.54, 1.807) is 23.7 Å². The van der Waals surface area contributed by atoms with Gasteiger partial charge in [-0.1, -0.05) is 17.3 Å². The van der Waals surface area contributed by atoms with E-state index in [0.29, 0.717) is 0 Å². The molecular weight excluding hydrogens is 196 g/mol. The lowest BCUT2D eigenvalue weighted by molar-refractivity contribution is 0.940. The van der Waals surface area contributed by atoms with Crippen LogP contribution in [0.15, 0.2) is 42.2 Å².